The normalized spacial score (nSPS) is 14.4. The summed E-state index contributed by atoms with van der Waals surface area (Å²) in [6.45, 7) is 2.84. The van der Waals surface area contributed by atoms with Crippen LogP contribution in [0.25, 0.3) is 11.3 Å². The molecule has 0 aliphatic heterocycles. The number of nitrogens with zero attached hydrogens (tertiary/aromatic N) is 2. The molecule has 1 aromatic heterocycles. The molecule has 0 bridgehead atoms. The molecule has 0 amide bonds. The van der Waals surface area contributed by atoms with Crippen molar-refractivity contribution in [1.29, 1.82) is 0 Å². The van der Waals surface area contributed by atoms with Gasteiger partial charge in [0.25, 0.3) is 0 Å². The number of hydrogen-bond acceptors (Lipinski definition) is 3. The lowest BCUT2D eigenvalue weighted by atomic mass is 10.1. The Morgan fingerprint density at radius 3 is 2.79 bits per heavy atom. The van der Waals surface area contributed by atoms with Gasteiger partial charge in [-0.2, -0.15) is 0 Å². The monoisotopic (exact) mass is 257 g/mol. The van der Waals surface area contributed by atoms with E-state index in [0.29, 0.717) is 5.92 Å². The van der Waals surface area contributed by atoms with Gasteiger partial charge < -0.3 is 5.32 Å². The summed E-state index contributed by atoms with van der Waals surface area (Å²) >= 11 is 0. The van der Waals surface area contributed by atoms with Gasteiger partial charge in [0, 0.05) is 24.1 Å². The fourth-order valence-corrected chi connectivity index (χ4v) is 2.06. The van der Waals surface area contributed by atoms with Gasteiger partial charge in [-0.3, -0.25) is 0 Å². The second kappa shape index (κ2) is 4.96. The Balaban J connectivity index is 2.03. The van der Waals surface area contributed by atoms with Gasteiger partial charge in [-0.25, -0.2) is 14.4 Å². The summed E-state index contributed by atoms with van der Waals surface area (Å²) in [6.07, 6.45) is 2.30. The summed E-state index contributed by atoms with van der Waals surface area (Å²) in [4.78, 5) is 9.09. The van der Waals surface area contributed by atoms with Crippen LogP contribution in [0, 0.1) is 5.82 Å². The first-order valence-corrected chi connectivity index (χ1v) is 6.65. The van der Waals surface area contributed by atoms with Crippen molar-refractivity contribution in [3.8, 4) is 11.3 Å². The first-order valence-electron chi connectivity index (χ1n) is 6.65. The topological polar surface area (TPSA) is 37.8 Å². The Bertz CT molecular complexity index is 594. The minimum Gasteiger partial charge on any atom is -0.370 e. The van der Waals surface area contributed by atoms with Gasteiger partial charge >= 0.3 is 0 Å². The number of rotatable bonds is 4. The standard InChI is InChI=1S/C15H16FN3/c1-2-17-14-9-13(11-4-3-5-12(16)8-11)18-15(19-14)10-6-7-10/h3-5,8-10H,2,6-7H2,1H3,(H,17,18,19). The molecule has 0 saturated heterocycles. The highest BCUT2D eigenvalue weighted by Crippen LogP contribution is 2.39. The molecule has 3 nitrogen and oxygen atoms in total. The smallest absolute Gasteiger partial charge is 0.134 e. The largest absolute Gasteiger partial charge is 0.370 e. The first kappa shape index (κ1) is 12.1. The lowest BCUT2D eigenvalue weighted by molar-refractivity contribution is 0.628. The van der Waals surface area contributed by atoms with Gasteiger partial charge in [-0.1, -0.05) is 12.1 Å². The Morgan fingerprint density at radius 1 is 1.26 bits per heavy atom. The van der Waals surface area contributed by atoms with Gasteiger partial charge in [0.2, 0.25) is 0 Å². The first-order chi connectivity index (χ1) is 9.26. The molecule has 2 aromatic rings. The van der Waals surface area contributed by atoms with E-state index in [9.17, 15) is 4.39 Å². The molecule has 1 saturated carbocycles. The third-order valence-corrected chi connectivity index (χ3v) is 3.16. The number of benzene rings is 1. The van der Waals surface area contributed by atoms with E-state index in [4.69, 9.17) is 0 Å². The van der Waals surface area contributed by atoms with Crippen LogP contribution in [0.2, 0.25) is 0 Å². The molecule has 0 unspecified atom stereocenters. The van der Waals surface area contributed by atoms with Gasteiger partial charge in [0.1, 0.15) is 17.5 Å². The molecule has 98 valence electrons. The molecular weight excluding hydrogens is 241 g/mol. The molecule has 1 N–H and O–H groups in total. The summed E-state index contributed by atoms with van der Waals surface area (Å²) in [5.41, 5.74) is 1.58. The summed E-state index contributed by atoms with van der Waals surface area (Å²) in [5.74, 6) is 1.93. The van der Waals surface area contributed by atoms with Crippen molar-refractivity contribution in [2.75, 3.05) is 11.9 Å². The Labute approximate surface area is 111 Å². The average molecular weight is 257 g/mol. The Kier molecular flexibility index (Phi) is 3.15. The minimum atomic E-state index is -0.242. The molecule has 4 heteroatoms. The van der Waals surface area contributed by atoms with Crippen LogP contribution in [0.1, 0.15) is 31.5 Å². The summed E-state index contributed by atoms with van der Waals surface area (Å²) in [7, 11) is 0. The molecule has 1 aliphatic carbocycles. The third-order valence-electron chi connectivity index (χ3n) is 3.16. The lowest BCUT2D eigenvalue weighted by Crippen LogP contribution is -2.04. The number of aromatic nitrogens is 2. The number of anilines is 1. The van der Waals surface area contributed by atoms with Crippen molar-refractivity contribution in [1.82, 2.24) is 9.97 Å². The van der Waals surface area contributed by atoms with Gasteiger partial charge in [0.15, 0.2) is 0 Å². The minimum absolute atomic E-state index is 0.242. The summed E-state index contributed by atoms with van der Waals surface area (Å²) in [5, 5.41) is 3.21. The van der Waals surface area contributed by atoms with Crippen LogP contribution in [-0.4, -0.2) is 16.5 Å². The van der Waals surface area contributed by atoms with Crippen LogP contribution in [-0.2, 0) is 0 Å². The van der Waals surface area contributed by atoms with Crippen molar-refractivity contribution in [3.05, 3.63) is 42.0 Å². The fraction of sp³-hybridized carbons (Fsp3) is 0.333. The van der Waals surface area contributed by atoms with Crippen LogP contribution in [0.15, 0.2) is 30.3 Å². The van der Waals surface area contributed by atoms with Gasteiger partial charge in [-0.15, -0.1) is 0 Å². The van der Waals surface area contributed by atoms with Crippen LogP contribution in [0.5, 0.6) is 0 Å². The average Bonchev–Trinajstić information content (AvgIpc) is 3.23. The highest BCUT2D eigenvalue weighted by atomic mass is 19.1. The predicted molar refractivity (Wildman–Crippen MR) is 73.6 cm³/mol. The number of nitrogens with one attached hydrogen (secondary N) is 1. The van der Waals surface area contributed by atoms with E-state index in [1.807, 2.05) is 19.1 Å². The molecule has 19 heavy (non-hydrogen) atoms. The fourth-order valence-electron chi connectivity index (χ4n) is 2.06. The van der Waals surface area contributed by atoms with Gasteiger partial charge in [-0.05, 0) is 31.9 Å². The number of halogens is 1. The molecule has 0 spiro atoms. The molecular formula is C15H16FN3. The highest BCUT2D eigenvalue weighted by molar-refractivity contribution is 5.62. The molecule has 3 rings (SSSR count). The maximum Gasteiger partial charge on any atom is 0.134 e. The van der Waals surface area contributed by atoms with E-state index >= 15 is 0 Å². The molecule has 1 heterocycles. The second-order valence-corrected chi connectivity index (χ2v) is 4.81. The molecule has 1 aromatic carbocycles. The van der Waals surface area contributed by atoms with E-state index in [2.05, 4.69) is 15.3 Å². The van der Waals surface area contributed by atoms with Crippen LogP contribution < -0.4 is 5.32 Å². The zero-order chi connectivity index (χ0) is 13.2. The van der Waals surface area contributed by atoms with Crippen LogP contribution in [0.3, 0.4) is 0 Å². The third kappa shape index (κ3) is 2.72. The van der Waals surface area contributed by atoms with E-state index in [1.165, 1.54) is 12.1 Å². The second-order valence-electron chi connectivity index (χ2n) is 4.81. The Morgan fingerprint density at radius 2 is 2.11 bits per heavy atom. The predicted octanol–water partition coefficient (Wildman–Crippen LogP) is 3.59. The van der Waals surface area contributed by atoms with Crippen molar-refractivity contribution >= 4 is 5.82 Å². The van der Waals surface area contributed by atoms with E-state index < -0.39 is 0 Å². The van der Waals surface area contributed by atoms with Crippen molar-refractivity contribution < 1.29 is 4.39 Å². The van der Waals surface area contributed by atoms with Crippen LogP contribution >= 0.6 is 0 Å². The zero-order valence-corrected chi connectivity index (χ0v) is 10.9. The maximum atomic E-state index is 13.3. The van der Waals surface area contributed by atoms with E-state index in [1.54, 1.807) is 6.07 Å². The van der Waals surface area contributed by atoms with Crippen molar-refractivity contribution in [2.24, 2.45) is 0 Å². The maximum absolute atomic E-state index is 13.3. The molecule has 0 radical (unpaired) electrons. The highest BCUT2D eigenvalue weighted by Gasteiger charge is 2.27. The van der Waals surface area contributed by atoms with Crippen molar-refractivity contribution in [2.45, 2.75) is 25.7 Å². The van der Waals surface area contributed by atoms with E-state index in [-0.39, 0.29) is 5.82 Å². The molecule has 0 atom stereocenters. The molecule has 1 fully saturated rings. The quantitative estimate of drug-likeness (QED) is 0.909. The van der Waals surface area contributed by atoms with E-state index in [0.717, 1.165) is 42.3 Å². The SMILES string of the molecule is CCNc1cc(-c2cccc(F)c2)nc(C2CC2)n1. The van der Waals surface area contributed by atoms with Crippen molar-refractivity contribution in [3.63, 3.8) is 0 Å². The Hall–Kier alpha value is -1.97. The zero-order valence-electron chi connectivity index (χ0n) is 10.9. The lowest BCUT2D eigenvalue weighted by Gasteiger charge is -2.08. The molecule has 1 aliphatic rings. The van der Waals surface area contributed by atoms with Gasteiger partial charge in [0.05, 0.1) is 5.69 Å². The summed E-state index contributed by atoms with van der Waals surface area (Å²) in [6, 6.07) is 8.41. The van der Waals surface area contributed by atoms with Crippen LogP contribution in [0.4, 0.5) is 10.2 Å². The summed E-state index contributed by atoms with van der Waals surface area (Å²) < 4.78 is 13.3. The number of hydrogen-bond donors (Lipinski definition) is 1.